The van der Waals surface area contributed by atoms with E-state index in [1.54, 1.807) is 11.3 Å². The van der Waals surface area contributed by atoms with E-state index in [2.05, 4.69) is 42.9 Å². The van der Waals surface area contributed by atoms with Crippen LogP contribution in [0.3, 0.4) is 0 Å². The van der Waals surface area contributed by atoms with E-state index in [0.29, 0.717) is 12.2 Å². The number of hydrogen-bond acceptors (Lipinski definition) is 5. The molecule has 0 aliphatic heterocycles. The standard InChI is InChI=1S/C24H28N2O3S/c1-24(2,3)16-10-8-15(9-11-16)14-29-20(27)13-12-19-25-22(28)21-17-6-4-5-7-18(17)30-23(21)26-19/h8-11H,4-7,12-14H2,1-3H3,(H,25,26,28). The Bertz CT molecular complexity index is 1120. The lowest BCUT2D eigenvalue weighted by Crippen LogP contribution is -2.14. The number of carbonyl (C=O) groups excluding carboxylic acids is 1. The predicted octanol–water partition coefficient (Wildman–Crippen LogP) is 4.84. The number of hydrogen-bond donors (Lipinski definition) is 1. The molecule has 1 aliphatic rings. The molecule has 0 radical (unpaired) electrons. The Morgan fingerprint density at radius 3 is 2.63 bits per heavy atom. The summed E-state index contributed by atoms with van der Waals surface area (Å²) >= 11 is 1.63. The molecule has 0 saturated carbocycles. The van der Waals surface area contributed by atoms with Gasteiger partial charge in [-0.2, -0.15) is 0 Å². The number of nitrogens with zero attached hydrogens (tertiary/aromatic N) is 1. The molecule has 0 amide bonds. The lowest BCUT2D eigenvalue weighted by atomic mass is 9.87. The summed E-state index contributed by atoms with van der Waals surface area (Å²) in [5.41, 5.74) is 3.41. The van der Waals surface area contributed by atoms with Crippen molar-refractivity contribution in [1.29, 1.82) is 0 Å². The molecule has 0 atom stereocenters. The Hall–Kier alpha value is -2.47. The summed E-state index contributed by atoms with van der Waals surface area (Å²) in [5.74, 6) is 0.265. The molecule has 5 nitrogen and oxygen atoms in total. The van der Waals surface area contributed by atoms with Gasteiger partial charge in [0.05, 0.1) is 11.8 Å². The number of aromatic nitrogens is 2. The highest BCUT2D eigenvalue weighted by atomic mass is 32.1. The van der Waals surface area contributed by atoms with Crippen LogP contribution in [0.25, 0.3) is 10.2 Å². The maximum atomic E-state index is 12.6. The van der Waals surface area contributed by atoms with Crippen molar-refractivity contribution in [2.24, 2.45) is 0 Å². The molecule has 4 rings (SSSR count). The van der Waals surface area contributed by atoms with Crippen molar-refractivity contribution in [1.82, 2.24) is 9.97 Å². The largest absolute Gasteiger partial charge is 0.461 e. The molecule has 2 aromatic heterocycles. The fraction of sp³-hybridized carbons (Fsp3) is 0.458. The monoisotopic (exact) mass is 424 g/mol. The van der Waals surface area contributed by atoms with Crippen molar-refractivity contribution in [2.45, 2.75) is 71.3 Å². The van der Waals surface area contributed by atoms with E-state index in [1.807, 2.05) is 12.1 Å². The number of aryl methyl sites for hydroxylation is 3. The molecule has 0 spiro atoms. The van der Waals surface area contributed by atoms with Crippen molar-refractivity contribution in [3.63, 3.8) is 0 Å². The first kappa shape index (κ1) is 20.8. The zero-order chi connectivity index (χ0) is 21.3. The smallest absolute Gasteiger partial charge is 0.306 e. The third-order valence-electron chi connectivity index (χ3n) is 5.66. The van der Waals surface area contributed by atoms with Gasteiger partial charge < -0.3 is 9.72 Å². The van der Waals surface area contributed by atoms with E-state index in [4.69, 9.17) is 4.74 Å². The molecular formula is C24H28N2O3S. The van der Waals surface area contributed by atoms with Crippen molar-refractivity contribution < 1.29 is 9.53 Å². The van der Waals surface area contributed by atoms with E-state index in [9.17, 15) is 9.59 Å². The fourth-order valence-corrected chi connectivity index (χ4v) is 5.17. The van der Waals surface area contributed by atoms with Crippen molar-refractivity contribution >= 4 is 27.5 Å². The topological polar surface area (TPSA) is 72.0 Å². The minimum Gasteiger partial charge on any atom is -0.461 e. The van der Waals surface area contributed by atoms with Gasteiger partial charge >= 0.3 is 5.97 Å². The first-order valence-corrected chi connectivity index (χ1v) is 11.4. The van der Waals surface area contributed by atoms with Gasteiger partial charge in [-0.15, -0.1) is 11.3 Å². The lowest BCUT2D eigenvalue weighted by Gasteiger charge is -2.19. The second-order valence-electron chi connectivity index (χ2n) is 9.01. The van der Waals surface area contributed by atoms with Gasteiger partial charge in [-0.3, -0.25) is 9.59 Å². The first-order valence-electron chi connectivity index (χ1n) is 10.6. The quantitative estimate of drug-likeness (QED) is 0.595. The van der Waals surface area contributed by atoms with Gasteiger partial charge in [0.15, 0.2) is 0 Å². The van der Waals surface area contributed by atoms with E-state index < -0.39 is 0 Å². The van der Waals surface area contributed by atoms with Crippen LogP contribution in [0.1, 0.15) is 67.4 Å². The highest BCUT2D eigenvalue weighted by Crippen LogP contribution is 2.33. The molecule has 3 aromatic rings. The number of ether oxygens (including phenoxy) is 1. The highest BCUT2D eigenvalue weighted by Gasteiger charge is 2.20. The van der Waals surface area contributed by atoms with Crippen LogP contribution in [0, 0.1) is 0 Å². The maximum absolute atomic E-state index is 12.6. The molecule has 2 heterocycles. The summed E-state index contributed by atoms with van der Waals surface area (Å²) in [5, 5.41) is 0.750. The number of esters is 1. The zero-order valence-corrected chi connectivity index (χ0v) is 18.7. The summed E-state index contributed by atoms with van der Waals surface area (Å²) in [6.45, 7) is 6.76. The van der Waals surface area contributed by atoms with Crippen LogP contribution >= 0.6 is 11.3 Å². The normalized spacial score (nSPS) is 14.0. The minimum atomic E-state index is -0.289. The van der Waals surface area contributed by atoms with Gasteiger partial charge in [-0.1, -0.05) is 45.0 Å². The average Bonchev–Trinajstić information content (AvgIpc) is 3.09. The van der Waals surface area contributed by atoms with Gasteiger partial charge in [0.1, 0.15) is 17.3 Å². The Morgan fingerprint density at radius 2 is 1.90 bits per heavy atom. The fourth-order valence-electron chi connectivity index (χ4n) is 3.88. The van der Waals surface area contributed by atoms with Crippen molar-refractivity contribution in [3.05, 3.63) is 62.0 Å². The Morgan fingerprint density at radius 1 is 1.17 bits per heavy atom. The Kier molecular flexibility index (Phi) is 5.78. The van der Waals surface area contributed by atoms with Crippen LogP contribution in [0.2, 0.25) is 0 Å². The van der Waals surface area contributed by atoms with Crippen LogP contribution in [0.5, 0.6) is 0 Å². The average molecular weight is 425 g/mol. The van der Waals surface area contributed by atoms with Gasteiger partial charge in [0.25, 0.3) is 5.56 Å². The van der Waals surface area contributed by atoms with Crippen LogP contribution in [-0.2, 0) is 40.8 Å². The SMILES string of the molecule is CC(C)(C)c1ccc(COC(=O)CCc2nc3sc4c(c3c(=O)[nH]2)CCCC4)cc1. The third kappa shape index (κ3) is 4.48. The Labute approximate surface area is 180 Å². The number of fused-ring (bicyclic) bond motifs is 3. The number of nitrogens with one attached hydrogen (secondary N) is 1. The summed E-state index contributed by atoms with van der Waals surface area (Å²) in [4.78, 5) is 34.3. The number of aromatic amines is 1. The summed E-state index contributed by atoms with van der Waals surface area (Å²) < 4.78 is 5.40. The number of carbonyl (C=O) groups is 1. The van der Waals surface area contributed by atoms with Crippen LogP contribution in [-0.4, -0.2) is 15.9 Å². The van der Waals surface area contributed by atoms with E-state index in [1.165, 1.54) is 22.4 Å². The van der Waals surface area contributed by atoms with Crippen molar-refractivity contribution in [3.8, 4) is 0 Å². The molecule has 0 bridgehead atoms. The third-order valence-corrected chi connectivity index (χ3v) is 6.85. The predicted molar refractivity (Wildman–Crippen MR) is 120 cm³/mol. The molecule has 0 saturated heterocycles. The molecule has 6 heteroatoms. The van der Waals surface area contributed by atoms with Crippen molar-refractivity contribution in [2.75, 3.05) is 0 Å². The number of H-pyrrole nitrogens is 1. The van der Waals surface area contributed by atoms with Crippen LogP contribution < -0.4 is 5.56 Å². The number of rotatable bonds is 5. The molecule has 158 valence electrons. The molecule has 1 aliphatic carbocycles. The minimum absolute atomic E-state index is 0.0818. The Balaban J connectivity index is 1.36. The number of benzene rings is 1. The molecular weight excluding hydrogens is 396 g/mol. The maximum Gasteiger partial charge on any atom is 0.306 e. The van der Waals surface area contributed by atoms with Crippen LogP contribution in [0.4, 0.5) is 0 Å². The molecule has 0 unspecified atom stereocenters. The lowest BCUT2D eigenvalue weighted by molar-refractivity contribution is -0.144. The number of thiophene rings is 1. The van der Waals surface area contributed by atoms with Gasteiger partial charge in [0, 0.05) is 11.3 Å². The van der Waals surface area contributed by atoms with Gasteiger partial charge in [-0.25, -0.2) is 4.98 Å². The molecule has 30 heavy (non-hydrogen) atoms. The van der Waals surface area contributed by atoms with Gasteiger partial charge in [-0.05, 0) is 47.8 Å². The van der Waals surface area contributed by atoms with Gasteiger partial charge in [0.2, 0.25) is 0 Å². The molecule has 1 N–H and O–H groups in total. The summed E-state index contributed by atoms with van der Waals surface area (Å²) in [7, 11) is 0. The first-order chi connectivity index (χ1) is 14.3. The van der Waals surface area contributed by atoms with E-state index in [0.717, 1.165) is 35.0 Å². The molecule has 1 aromatic carbocycles. The zero-order valence-electron chi connectivity index (χ0n) is 17.8. The second kappa shape index (κ2) is 8.34. The highest BCUT2D eigenvalue weighted by molar-refractivity contribution is 7.18. The van der Waals surface area contributed by atoms with E-state index >= 15 is 0 Å². The summed E-state index contributed by atoms with van der Waals surface area (Å²) in [6, 6.07) is 8.15. The van der Waals surface area contributed by atoms with E-state index in [-0.39, 0.29) is 30.0 Å². The second-order valence-corrected chi connectivity index (χ2v) is 10.1. The summed E-state index contributed by atoms with van der Waals surface area (Å²) in [6.07, 6.45) is 4.87. The molecule has 0 fully saturated rings. The van der Waals surface area contributed by atoms with Crippen LogP contribution in [0.15, 0.2) is 29.1 Å².